The maximum atomic E-state index is 7.03. The Labute approximate surface area is 101 Å². The monoisotopic (exact) mass is 240 g/mol. The van der Waals surface area contributed by atoms with Crippen molar-refractivity contribution in [1.29, 1.82) is 5.41 Å². The Hall–Kier alpha value is -2.12. The normalized spacial score (nSPS) is 12.1. The molecule has 0 rings (SSSR count). The van der Waals surface area contributed by atoms with Crippen molar-refractivity contribution in [3.8, 4) is 0 Å². The van der Waals surface area contributed by atoms with E-state index < -0.39 is 0 Å². The topological polar surface area (TPSA) is 151 Å². The number of hydrogen-bond donors (Lipinski definition) is 5. The van der Waals surface area contributed by atoms with Gasteiger partial charge in [-0.05, 0) is 19.8 Å². The van der Waals surface area contributed by atoms with Gasteiger partial charge in [-0.25, -0.2) is 5.43 Å². The van der Waals surface area contributed by atoms with Crippen molar-refractivity contribution in [2.75, 3.05) is 0 Å². The Balaban J connectivity index is 4.77. The SMILES string of the molecule is CCCCC(=N/NC(=N)N)/C(C)=N/N=C(N)N. The van der Waals surface area contributed by atoms with Gasteiger partial charge in [0.05, 0.1) is 11.4 Å². The first-order valence-corrected chi connectivity index (χ1v) is 5.27. The maximum Gasteiger partial charge on any atom is 0.211 e. The first-order valence-electron chi connectivity index (χ1n) is 5.27. The Kier molecular flexibility index (Phi) is 7.07. The Morgan fingerprint density at radius 1 is 1.24 bits per heavy atom. The molecule has 0 aliphatic carbocycles. The highest BCUT2D eigenvalue weighted by molar-refractivity contribution is 6.41. The second-order valence-corrected chi connectivity index (χ2v) is 3.40. The second kappa shape index (κ2) is 8.08. The number of hydrogen-bond acceptors (Lipinski definition) is 4. The van der Waals surface area contributed by atoms with Crippen molar-refractivity contribution in [2.45, 2.75) is 33.1 Å². The number of nitrogens with two attached hydrogens (primary N) is 3. The molecule has 0 aromatic heterocycles. The van der Waals surface area contributed by atoms with Gasteiger partial charge in [-0.15, -0.1) is 5.10 Å². The third kappa shape index (κ3) is 7.77. The summed E-state index contributed by atoms with van der Waals surface area (Å²) in [6, 6.07) is 0. The van der Waals surface area contributed by atoms with Crippen LogP contribution >= 0.6 is 0 Å². The standard InChI is InChI=1S/C9H20N8/c1-3-4-5-7(15-17-9(12)13)6(2)14-16-8(10)11/h3-5H2,1-2H3,(H4,10,11,16)(H4,12,13,17)/b14-6+,15-7-. The van der Waals surface area contributed by atoms with E-state index in [1.807, 2.05) is 0 Å². The van der Waals surface area contributed by atoms with E-state index in [0.717, 1.165) is 12.8 Å². The summed E-state index contributed by atoms with van der Waals surface area (Å²) in [6.45, 7) is 3.81. The number of nitrogens with one attached hydrogen (secondary N) is 2. The molecular formula is C9H20N8. The van der Waals surface area contributed by atoms with Gasteiger partial charge in [-0.3, -0.25) is 5.41 Å². The third-order valence-corrected chi connectivity index (χ3v) is 1.81. The maximum absolute atomic E-state index is 7.03. The van der Waals surface area contributed by atoms with Crippen LogP contribution in [0.5, 0.6) is 0 Å². The van der Waals surface area contributed by atoms with Crippen molar-refractivity contribution in [2.24, 2.45) is 32.5 Å². The molecule has 0 spiro atoms. The third-order valence-electron chi connectivity index (χ3n) is 1.81. The molecule has 0 radical (unpaired) electrons. The molecule has 0 heterocycles. The van der Waals surface area contributed by atoms with E-state index >= 15 is 0 Å². The number of nitrogens with zero attached hydrogens (tertiary/aromatic N) is 3. The highest BCUT2D eigenvalue weighted by Gasteiger charge is 2.04. The van der Waals surface area contributed by atoms with Crippen LogP contribution in [0.2, 0.25) is 0 Å². The molecule has 0 saturated carbocycles. The fourth-order valence-electron chi connectivity index (χ4n) is 0.980. The van der Waals surface area contributed by atoms with Crippen molar-refractivity contribution >= 4 is 23.3 Å². The van der Waals surface area contributed by atoms with Crippen LogP contribution in [0.1, 0.15) is 33.1 Å². The summed E-state index contributed by atoms with van der Waals surface area (Å²) < 4.78 is 0. The summed E-state index contributed by atoms with van der Waals surface area (Å²) in [5, 5.41) is 18.4. The molecule has 17 heavy (non-hydrogen) atoms. The zero-order valence-electron chi connectivity index (χ0n) is 10.2. The zero-order chi connectivity index (χ0) is 13.3. The number of hydrazone groups is 1. The first kappa shape index (κ1) is 14.9. The minimum Gasteiger partial charge on any atom is -0.369 e. The van der Waals surface area contributed by atoms with Gasteiger partial charge < -0.3 is 17.2 Å². The van der Waals surface area contributed by atoms with E-state index in [9.17, 15) is 0 Å². The largest absolute Gasteiger partial charge is 0.369 e. The number of rotatable bonds is 6. The summed E-state index contributed by atoms with van der Waals surface area (Å²) in [5.74, 6) is -0.340. The van der Waals surface area contributed by atoms with Crippen LogP contribution in [0.25, 0.3) is 0 Å². The Morgan fingerprint density at radius 2 is 1.88 bits per heavy atom. The quantitative estimate of drug-likeness (QED) is 0.245. The molecule has 0 aromatic rings. The van der Waals surface area contributed by atoms with Crippen LogP contribution < -0.4 is 22.6 Å². The van der Waals surface area contributed by atoms with Crippen molar-refractivity contribution < 1.29 is 0 Å². The average Bonchev–Trinajstić information content (AvgIpc) is 2.25. The summed E-state index contributed by atoms with van der Waals surface area (Å²) in [7, 11) is 0. The van der Waals surface area contributed by atoms with Crippen LogP contribution in [0, 0.1) is 5.41 Å². The molecule has 0 aromatic carbocycles. The zero-order valence-corrected chi connectivity index (χ0v) is 10.2. The minimum atomic E-state index is -0.228. The highest BCUT2D eigenvalue weighted by atomic mass is 15.3. The molecule has 8 N–H and O–H groups in total. The summed E-state index contributed by atoms with van der Waals surface area (Å²) in [5.41, 5.74) is 19.1. The molecule has 0 fully saturated rings. The van der Waals surface area contributed by atoms with Crippen molar-refractivity contribution in [1.82, 2.24) is 5.43 Å². The van der Waals surface area contributed by atoms with E-state index in [4.69, 9.17) is 22.6 Å². The first-order chi connectivity index (χ1) is 7.97. The molecule has 96 valence electrons. The molecule has 8 heteroatoms. The van der Waals surface area contributed by atoms with Crippen molar-refractivity contribution in [3.63, 3.8) is 0 Å². The lowest BCUT2D eigenvalue weighted by atomic mass is 10.1. The molecule has 0 bridgehead atoms. The van der Waals surface area contributed by atoms with Crippen LogP contribution in [-0.2, 0) is 0 Å². The predicted molar refractivity (Wildman–Crippen MR) is 70.9 cm³/mol. The lowest BCUT2D eigenvalue weighted by Crippen LogP contribution is -2.28. The molecule has 8 nitrogen and oxygen atoms in total. The highest BCUT2D eigenvalue weighted by Crippen LogP contribution is 1.99. The minimum absolute atomic E-state index is 0.112. The molecule has 0 aliphatic heterocycles. The van der Waals surface area contributed by atoms with Gasteiger partial charge in [-0.1, -0.05) is 13.3 Å². The van der Waals surface area contributed by atoms with Crippen LogP contribution in [0.4, 0.5) is 0 Å². The van der Waals surface area contributed by atoms with Gasteiger partial charge in [0, 0.05) is 0 Å². The van der Waals surface area contributed by atoms with Gasteiger partial charge in [0.2, 0.25) is 11.9 Å². The molecular weight excluding hydrogens is 220 g/mol. The van der Waals surface area contributed by atoms with Crippen LogP contribution in [0.15, 0.2) is 15.3 Å². The second-order valence-electron chi connectivity index (χ2n) is 3.40. The van der Waals surface area contributed by atoms with Gasteiger partial charge in [0.15, 0.2) is 0 Å². The fourth-order valence-corrected chi connectivity index (χ4v) is 0.980. The number of guanidine groups is 2. The van der Waals surface area contributed by atoms with E-state index in [1.165, 1.54) is 0 Å². The Morgan fingerprint density at radius 3 is 2.35 bits per heavy atom. The molecule has 0 aliphatic rings. The number of unbranched alkanes of at least 4 members (excludes halogenated alkanes) is 1. The van der Waals surface area contributed by atoms with E-state index in [-0.39, 0.29) is 11.9 Å². The van der Waals surface area contributed by atoms with Gasteiger partial charge in [-0.2, -0.15) is 10.2 Å². The summed E-state index contributed by atoms with van der Waals surface area (Å²) in [6.07, 6.45) is 2.69. The summed E-state index contributed by atoms with van der Waals surface area (Å²) >= 11 is 0. The average molecular weight is 240 g/mol. The summed E-state index contributed by atoms with van der Waals surface area (Å²) in [4.78, 5) is 0. The van der Waals surface area contributed by atoms with E-state index in [2.05, 4.69) is 27.7 Å². The molecule has 0 atom stereocenters. The van der Waals surface area contributed by atoms with Gasteiger partial charge in [0.1, 0.15) is 0 Å². The molecule has 0 saturated heterocycles. The molecule has 0 unspecified atom stereocenters. The van der Waals surface area contributed by atoms with Gasteiger partial charge in [0.25, 0.3) is 0 Å². The van der Waals surface area contributed by atoms with Crippen LogP contribution in [-0.4, -0.2) is 23.3 Å². The van der Waals surface area contributed by atoms with Gasteiger partial charge >= 0.3 is 0 Å². The Bertz CT molecular complexity index is 337. The lowest BCUT2D eigenvalue weighted by Gasteiger charge is -2.04. The van der Waals surface area contributed by atoms with Crippen LogP contribution in [0.3, 0.4) is 0 Å². The lowest BCUT2D eigenvalue weighted by molar-refractivity contribution is 0.830. The molecule has 0 amide bonds. The predicted octanol–water partition coefficient (Wildman–Crippen LogP) is -0.335. The van der Waals surface area contributed by atoms with Crippen molar-refractivity contribution in [3.05, 3.63) is 0 Å². The van der Waals surface area contributed by atoms with E-state index in [0.29, 0.717) is 17.8 Å². The smallest absolute Gasteiger partial charge is 0.211 e. The van der Waals surface area contributed by atoms with E-state index in [1.54, 1.807) is 6.92 Å². The fraction of sp³-hybridized carbons (Fsp3) is 0.556.